The zero-order chi connectivity index (χ0) is 23.3. The summed E-state index contributed by atoms with van der Waals surface area (Å²) in [4.78, 5) is 37.1. The molecule has 0 saturated carbocycles. The van der Waals surface area contributed by atoms with Gasteiger partial charge in [0.2, 0.25) is 5.91 Å². The first-order chi connectivity index (χ1) is 15.2. The van der Waals surface area contributed by atoms with E-state index < -0.39 is 11.2 Å². The molecule has 164 valence electrons. The van der Waals surface area contributed by atoms with Crippen LogP contribution in [0.3, 0.4) is 0 Å². The summed E-state index contributed by atoms with van der Waals surface area (Å²) in [5.41, 5.74) is 2.46. The Morgan fingerprint density at radius 1 is 0.938 bits per heavy atom. The molecule has 6 nitrogen and oxygen atoms in total. The average molecular weight is 469 g/mol. The average Bonchev–Trinajstić information content (AvgIpc) is 2.75. The van der Waals surface area contributed by atoms with Gasteiger partial charge < -0.3 is 15.7 Å². The number of nitrogens with one attached hydrogen (secondary N) is 2. The van der Waals surface area contributed by atoms with Gasteiger partial charge in [-0.2, -0.15) is 0 Å². The molecule has 0 spiro atoms. The molecule has 0 aromatic heterocycles. The number of anilines is 2. The fourth-order valence-electron chi connectivity index (χ4n) is 2.91. The highest BCUT2D eigenvalue weighted by Crippen LogP contribution is 2.27. The highest BCUT2D eigenvalue weighted by molar-refractivity contribution is 8.00. The van der Waals surface area contributed by atoms with Gasteiger partial charge >= 0.3 is 5.97 Å². The normalized spacial score (nSPS) is 11.5. The van der Waals surface area contributed by atoms with Crippen molar-refractivity contribution in [1.29, 1.82) is 0 Å². The highest BCUT2D eigenvalue weighted by atomic mass is 35.5. The minimum Gasteiger partial charge on any atom is -0.478 e. The molecule has 32 heavy (non-hydrogen) atoms. The topological polar surface area (TPSA) is 95.5 Å². The van der Waals surface area contributed by atoms with E-state index in [2.05, 4.69) is 10.6 Å². The van der Waals surface area contributed by atoms with E-state index in [4.69, 9.17) is 11.6 Å². The van der Waals surface area contributed by atoms with Crippen LogP contribution in [0.25, 0.3) is 0 Å². The summed E-state index contributed by atoms with van der Waals surface area (Å²) in [6, 6.07) is 18.8. The second-order valence-corrected chi connectivity index (χ2v) is 8.92. The second kappa shape index (κ2) is 10.3. The fraction of sp³-hybridized carbons (Fsp3) is 0.125. The summed E-state index contributed by atoms with van der Waals surface area (Å²) in [6.07, 6.45) is 0. The van der Waals surface area contributed by atoms with Crippen LogP contribution in [0.2, 0.25) is 5.02 Å². The lowest BCUT2D eigenvalue weighted by atomic mass is 10.1. The van der Waals surface area contributed by atoms with Crippen molar-refractivity contribution < 1.29 is 19.5 Å². The maximum atomic E-state index is 12.6. The summed E-state index contributed by atoms with van der Waals surface area (Å²) < 4.78 is 0. The highest BCUT2D eigenvalue weighted by Gasteiger charge is 2.17. The van der Waals surface area contributed by atoms with Gasteiger partial charge in [-0.3, -0.25) is 9.59 Å². The molecule has 3 aromatic carbocycles. The Morgan fingerprint density at radius 2 is 1.66 bits per heavy atom. The molecule has 0 aliphatic heterocycles. The maximum Gasteiger partial charge on any atom is 0.337 e. The molecule has 0 saturated heterocycles. The number of carbonyl (C=O) groups is 3. The second-order valence-electron chi connectivity index (χ2n) is 7.10. The lowest BCUT2D eigenvalue weighted by Crippen LogP contribution is -2.22. The van der Waals surface area contributed by atoms with Crippen LogP contribution >= 0.6 is 23.4 Å². The molecule has 2 amide bonds. The van der Waals surface area contributed by atoms with Crippen LogP contribution in [0.5, 0.6) is 0 Å². The van der Waals surface area contributed by atoms with Crippen molar-refractivity contribution in [2.45, 2.75) is 24.0 Å². The summed E-state index contributed by atoms with van der Waals surface area (Å²) >= 11 is 7.19. The van der Waals surface area contributed by atoms with Crippen molar-refractivity contribution in [3.8, 4) is 0 Å². The van der Waals surface area contributed by atoms with E-state index in [0.717, 1.165) is 10.5 Å². The molecule has 0 heterocycles. The van der Waals surface area contributed by atoms with Gasteiger partial charge in [0.15, 0.2) is 0 Å². The van der Waals surface area contributed by atoms with Crippen LogP contribution in [-0.4, -0.2) is 28.1 Å². The Morgan fingerprint density at radius 3 is 2.38 bits per heavy atom. The van der Waals surface area contributed by atoms with E-state index in [9.17, 15) is 19.5 Å². The van der Waals surface area contributed by atoms with Gasteiger partial charge in [-0.05, 0) is 62.4 Å². The molecule has 8 heteroatoms. The molecule has 0 aliphatic carbocycles. The van der Waals surface area contributed by atoms with Gasteiger partial charge in [0, 0.05) is 21.8 Å². The van der Waals surface area contributed by atoms with Crippen LogP contribution < -0.4 is 10.6 Å². The van der Waals surface area contributed by atoms with Crippen LogP contribution in [-0.2, 0) is 4.79 Å². The zero-order valence-electron chi connectivity index (χ0n) is 17.4. The summed E-state index contributed by atoms with van der Waals surface area (Å²) in [5.74, 6) is -1.67. The third-order valence-corrected chi connectivity index (χ3v) is 5.94. The van der Waals surface area contributed by atoms with E-state index >= 15 is 0 Å². The number of aromatic carboxylic acids is 1. The third kappa shape index (κ3) is 6.12. The predicted octanol–water partition coefficient (Wildman–Crippen LogP) is 5.72. The maximum absolute atomic E-state index is 12.6. The van der Waals surface area contributed by atoms with Crippen molar-refractivity contribution in [3.05, 3.63) is 88.4 Å². The first-order valence-corrected chi connectivity index (χ1v) is 11.0. The molecule has 1 atom stereocenters. The monoisotopic (exact) mass is 468 g/mol. The number of aryl methyl sites for hydroxylation is 1. The van der Waals surface area contributed by atoms with Crippen molar-refractivity contribution in [1.82, 2.24) is 0 Å². The number of hydrogen-bond acceptors (Lipinski definition) is 4. The largest absolute Gasteiger partial charge is 0.478 e. The quantitative estimate of drug-likeness (QED) is 0.385. The van der Waals surface area contributed by atoms with Gasteiger partial charge in [0.25, 0.3) is 5.91 Å². The molecule has 0 radical (unpaired) electrons. The number of rotatable bonds is 7. The van der Waals surface area contributed by atoms with Crippen molar-refractivity contribution in [2.75, 3.05) is 10.6 Å². The molecular formula is C24H21ClN2O4S. The van der Waals surface area contributed by atoms with E-state index in [1.807, 2.05) is 31.2 Å². The van der Waals surface area contributed by atoms with Crippen LogP contribution in [0.15, 0.2) is 71.6 Å². The van der Waals surface area contributed by atoms with E-state index in [1.54, 1.807) is 37.3 Å². The third-order valence-electron chi connectivity index (χ3n) is 4.52. The molecule has 3 rings (SSSR count). The first-order valence-electron chi connectivity index (χ1n) is 9.71. The minimum atomic E-state index is -1.17. The van der Waals surface area contributed by atoms with Gasteiger partial charge in [-0.25, -0.2) is 4.79 Å². The molecule has 3 N–H and O–H groups in total. The molecule has 0 aliphatic rings. The van der Waals surface area contributed by atoms with Crippen LogP contribution in [0.1, 0.15) is 33.2 Å². The van der Waals surface area contributed by atoms with E-state index in [-0.39, 0.29) is 22.4 Å². The van der Waals surface area contributed by atoms with Crippen molar-refractivity contribution in [2.24, 2.45) is 0 Å². The van der Waals surface area contributed by atoms with Gasteiger partial charge in [0.1, 0.15) is 0 Å². The van der Waals surface area contributed by atoms with Gasteiger partial charge in [-0.15, -0.1) is 11.8 Å². The number of hydrogen-bond donors (Lipinski definition) is 3. The summed E-state index contributed by atoms with van der Waals surface area (Å²) in [5, 5.41) is 14.4. The van der Waals surface area contributed by atoms with Gasteiger partial charge in [0.05, 0.1) is 15.8 Å². The Kier molecular flexibility index (Phi) is 7.56. The number of amides is 2. The predicted molar refractivity (Wildman–Crippen MR) is 128 cm³/mol. The Hall–Kier alpha value is -3.29. The SMILES string of the molecule is Cc1cccc(C(=O)Nc2cccc(SC(C)C(=O)Nc3ccc(Cl)c(C(=O)O)c3)c2)c1. The smallest absolute Gasteiger partial charge is 0.337 e. The number of carboxylic acid groups (broad SMARTS) is 1. The Labute approximate surface area is 195 Å². The molecule has 0 fully saturated rings. The first kappa shape index (κ1) is 23.4. The van der Waals surface area contributed by atoms with Crippen LogP contribution in [0, 0.1) is 6.92 Å². The van der Waals surface area contributed by atoms with Gasteiger partial charge in [-0.1, -0.05) is 35.4 Å². The van der Waals surface area contributed by atoms with Crippen molar-refractivity contribution >= 4 is 52.5 Å². The van der Waals surface area contributed by atoms with E-state index in [0.29, 0.717) is 16.9 Å². The fourth-order valence-corrected chi connectivity index (χ4v) is 4.03. The molecular weight excluding hydrogens is 448 g/mol. The number of carbonyl (C=O) groups excluding carboxylic acids is 2. The number of halogens is 1. The Bertz CT molecular complexity index is 1180. The lowest BCUT2D eigenvalue weighted by molar-refractivity contribution is -0.115. The summed E-state index contributed by atoms with van der Waals surface area (Å²) in [6.45, 7) is 3.67. The minimum absolute atomic E-state index is 0.0816. The number of thioether (sulfide) groups is 1. The van der Waals surface area contributed by atoms with E-state index in [1.165, 1.54) is 23.9 Å². The molecule has 0 bridgehead atoms. The Balaban J connectivity index is 1.64. The number of benzene rings is 3. The lowest BCUT2D eigenvalue weighted by Gasteiger charge is -2.14. The zero-order valence-corrected chi connectivity index (χ0v) is 19.0. The molecule has 1 unspecified atom stereocenters. The standard InChI is InChI=1S/C24H21ClN2O4S/c1-14-5-3-6-16(11-14)23(29)27-17-7-4-8-19(12-17)32-15(2)22(28)26-18-9-10-21(25)20(13-18)24(30)31/h3-13,15H,1-2H3,(H,26,28)(H,27,29)(H,30,31). The molecule has 3 aromatic rings. The summed E-state index contributed by atoms with van der Waals surface area (Å²) in [7, 11) is 0. The van der Waals surface area contributed by atoms with Crippen LogP contribution in [0.4, 0.5) is 11.4 Å². The van der Waals surface area contributed by atoms with Crippen molar-refractivity contribution in [3.63, 3.8) is 0 Å². The number of carboxylic acids is 1.